The molecule has 5 N–H and O–H groups in total. The molecule has 0 aliphatic heterocycles. The summed E-state index contributed by atoms with van der Waals surface area (Å²) in [5.41, 5.74) is 4.48. The lowest BCUT2D eigenvalue weighted by Gasteiger charge is -2.05. The number of hydrogen-bond acceptors (Lipinski definition) is 3. The van der Waals surface area contributed by atoms with Crippen LogP contribution in [0, 0.1) is 5.82 Å². The van der Waals surface area contributed by atoms with Crippen LogP contribution in [0.2, 0.25) is 0 Å². The number of halogens is 1. The van der Waals surface area contributed by atoms with Crippen molar-refractivity contribution in [3.63, 3.8) is 0 Å². The summed E-state index contributed by atoms with van der Waals surface area (Å²) >= 11 is 0. The maximum atomic E-state index is 13.0. The normalized spacial score (nSPS) is 11.1. The zero-order valence-corrected chi connectivity index (χ0v) is 8.21. The lowest BCUT2D eigenvalue weighted by molar-refractivity contribution is 0.100. The molecule has 0 radical (unpaired) electrons. The van der Waals surface area contributed by atoms with E-state index in [4.69, 9.17) is 5.73 Å². The zero-order valence-electron chi connectivity index (χ0n) is 7.40. The Morgan fingerprint density at radius 2 is 2.00 bits per heavy atom. The summed E-state index contributed by atoms with van der Waals surface area (Å²) in [5, 5.41) is 4.64. The van der Waals surface area contributed by atoms with Crippen molar-refractivity contribution in [1.29, 1.82) is 0 Å². The molecule has 15 heavy (non-hydrogen) atoms. The average molecular weight is 233 g/mol. The summed E-state index contributed by atoms with van der Waals surface area (Å²) < 4.78 is 36.0. The number of rotatable bonds is 3. The van der Waals surface area contributed by atoms with Crippen LogP contribution in [0.5, 0.6) is 0 Å². The van der Waals surface area contributed by atoms with Crippen molar-refractivity contribution in [2.45, 2.75) is 0 Å². The zero-order chi connectivity index (χ0) is 11.6. The van der Waals surface area contributed by atoms with Crippen molar-refractivity contribution in [2.24, 2.45) is 10.9 Å². The highest BCUT2D eigenvalue weighted by molar-refractivity contribution is 7.90. The third-order valence-electron chi connectivity index (χ3n) is 1.50. The quantitative estimate of drug-likeness (QED) is 0.656. The van der Waals surface area contributed by atoms with Crippen molar-refractivity contribution in [3.05, 3.63) is 29.6 Å². The Bertz CT molecular complexity index is 500. The van der Waals surface area contributed by atoms with Gasteiger partial charge < -0.3 is 5.73 Å². The molecule has 0 fully saturated rings. The van der Waals surface area contributed by atoms with E-state index in [0.29, 0.717) is 0 Å². The minimum Gasteiger partial charge on any atom is -0.366 e. The van der Waals surface area contributed by atoms with Gasteiger partial charge in [0.2, 0.25) is 5.91 Å². The summed E-state index contributed by atoms with van der Waals surface area (Å²) in [6, 6.07) is 3.00. The Hall–Kier alpha value is -1.67. The number of carbonyl (C=O) groups excluding carboxylic acids is 1. The molecule has 0 aliphatic carbocycles. The molecule has 0 spiro atoms. The van der Waals surface area contributed by atoms with Crippen LogP contribution in [0.1, 0.15) is 10.4 Å². The van der Waals surface area contributed by atoms with Crippen LogP contribution in [0.25, 0.3) is 0 Å². The van der Waals surface area contributed by atoms with Gasteiger partial charge >= 0.3 is 0 Å². The Morgan fingerprint density at radius 1 is 1.40 bits per heavy atom. The summed E-state index contributed by atoms with van der Waals surface area (Å²) in [4.78, 5) is 10.7. The number of nitrogens with two attached hydrogens (primary N) is 2. The van der Waals surface area contributed by atoms with Crippen molar-refractivity contribution in [2.75, 3.05) is 4.72 Å². The smallest absolute Gasteiger partial charge is 0.296 e. The van der Waals surface area contributed by atoms with Gasteiger partial charge in [0.05, 0.1) is 5.69 Å². The van der Waals surface area contributed by atoms with Crippen molar-refractivity contribution in [3.8, 4) is 0 Å². The number of anilines is 1. The molecule has 0 saturated heterocycles. The molecular weight excluding hydrogens is 225 g/mol. The fourth-order valence-electron chi connectivity index (χ4n) is 0.910. The van der Waals surface area contributed by atoms with E-state index in [2.05, 4.69) is 5.14 Å². The first-order valence-corrected chi connectivity index (χ1v) is 5.24. The number of nitrogens with one attached hydrogen (secondary N) is 1. The molecule has 0 unspecified atom stereocenters. The predicted octanol–water partition coefficient (Wildman–Crippen LogP) is -0.460. The minimum absolute atomic E-state index is 0.0254. The van der Waals surface area contributed by atoms with Crippen LogP contribution in [-0.4, -0.2) is 14.3 Å². The molecule has 8 heteroatoms. The Kier molecular flexibility index (Phi) is 2.91. The molecule has 82 valence electrons. The topological polar surface area (TPSA) is 115 Å². The molecule has 1 rings (SSSR count). The Labute approximate surface area is 85.2 Å². The van der Waals surface area contributed by atoms with E-state index in [1.54, 1.807) is 4.72 Å². The highest BCUT2D eigenvalue weighted by Gasteiger charge is 2.10. The predicted molar refractivity (Wildman–Crippen MR) is 51.6 cm³/mol. The van der Waals surface area contributed by atoms with Gasteiger partial charge in [-0.25, -0.2) is 9.53 Å². The largest absolute Gasteiger partial charge is 0.366 e. The van der Waals surface area contributed by atoms with Gasteiger partial charge in [-0.15, -0.1) is 0 Å². The fourth-order valence-corrected chi connectivity index (χ4v) is 1.37. The first-order valence-electron chi connectivity index (χ1n) is 3.69. The van der Waals surface area contributed by atoms with E-state index < -0.39 is 27.6 Å². The minimum atomic E-state index is -4.08. The molecule has 0 heterocycles. The number of carbonyl (C=O) groups is 1. The van der Waals surface area contributed by atoms with E-state index in [1.807, 2.05) is 0 Å². The first kappa shape index (κ1) is 11.4. The van der Waals surface area contributed by atoms with Gasteiger partial charge in [-0.05, 0) is 18.2 Å². The van der Waals surface area contributed by atoms with Crippen LogP contribution >= 0.6 is 0 Å². The third-order valence-corrected chi connectivity index (χ3v) is 2.01. The standard InChI is InChI=1S/C7H8FN3O3S/c8-5-2-1-4(7(9)12)3-6(5)11-15(10,13)14/h1-3,11H,(H2,9,12)(H2,10,13,14). The fraction of sp³-hybridized carbons (Fsp3) is 0. The maximum absolute atomic E-state index is 13.0. The van der Waals surface area contributed by atoms with Gasteiger partial charge in [-0.1, -0.05) is 0 Å². The van der Waals surface area contributed by atoms with Crippen LogP contribution in [0.3, 0.4) is 0 Å². The van der Waals surface area contributed by atoms with E-state index in [9.17, 15) is 17.6 Å². The van der Waals surface area contributed by atoms with Crippen molar-refractivity contribution >= 4 is 21.8 Å². The summed E-state index contributed by atoms with van der Waals surface area (Å²) in [6.45, 7) is 0. The summed E-state index contributed by atoms with van der Waals surface area (Å²) in [7, 11) is -4.08. The van der Waals surface area contributed by atoms with E-state index in [1.165, 1.54) is 0 Å². The van der Waals surface area contributed by atoms with Crippen molar-refractivity contribution in [1.82, 2.24) is 0 Å². The Morgan fingerprint density at radius 3 is 2.47 bits per heavy atom. The number of primary amides is 1. The molecule has 1 amide bonds. The molecule has 0 aliphatic rings. The van der Waals surface area contributed by atoms with Gasteiger partial charge in [-0.2, -0.15) is 8.42 Å². The van der Waals surface area contributed by atoms with Crippen LogP contribution in [0.4, 0.5) is 10.1 Å². The van der Waals surface area contributed by atoms with Crippen molar-refractivity contribution < 1.29 is 17.6 Å². The molecule has 0 aromatic heterocycles. The number of hydrogen-bond donors (Lipinski definition) is 3. The van der Waals surface area contributed by atoms with Gasteiger partial charge in [0.15, 0.2) is 0 Å². The molecule has 0 bridgehead atoms. The second-order valence-electron chi connectivity index (χ2n) is 2.71. The third kappa shape index (κ3) is 3.18. The van der Waals surface area contributed by atoms with Crippen LogP contribution in [-0.2, 0) is 10.2 Å². The molecule has 6 nitrogen and oxygen atoms in total. The first-order chi connectivity index (χ1) is 6.79. The van der Waals surface area contributed by atoms with Gasteiger partial charge in [0.25, 0.3) is 10.2 Å². The second-order valence-corrected chi connectivity index (χ2v) is 4.00. The van der Waals surface area contributed by atoms with Crippen LogP contribution in [0.15, 0.2) is 18.2 Å². The highest BCUT2D eigenvalue weighted by atomic mass is 32.2. The molecular formula is C7H8FN3O3S. The summed E-state index contributed by atoms with van der Waals surface area (Å²) in [5.74, 6) is -1.65. The van der Waals surface area contributed by atoms with E-state index in [-0.39, 0.29) is 5.56 Å². The number of benzene rings is 1. The second kappa shape index (κ2) is 3.83. The van der Waals surface area contributed by atoms with Gasteiger partial charge in [-0.3, -0.25) is 9.52 Å². The molecule has 0 atom stereocenters. The Balaban J connectivity index is 3.17. The van der Waals surface area contributed by atoms with E-state index >= 15 is 0 Å². The average Bonchev–Trinajstić information content (AvgIpc) is 2.06. The molecule has 1 aromatic carbocycles. The monoisotopic (exact) mass is 233 g/mol. The van der Waals surface area contributed by atoms with Gasteiger partial charge in [0, 0.05) is 5.56 Å². The number of amides is 1. The maximum Gasteiger partial charge on any atom is 0.296 e. The molecule has 1 aromatic rings. The van der Waals surface area contributed by atoms with E-state index in [0.717, 1.165) is 18.2 Å². The van der Waals surface area contributed by atoms with Gasteiger partial charge in [0.1, 0.15) is 5.82 Å². The van der Waals surface area contributed by atoms with Crippen LogP contribution < -0.4 is 15.6 Å². The molecule has 0 saturated carbocycles. The SMILES string of the molecule is NC(=O)c1ccc(F)c(NS(N)(=O)=O)c1. The lowest BCUT2D eigenvalue weighted by atomic mass is 10.2. The summed E-state index contributed by atoms with van der Waals surface area (Å²) in [6.07, 6.45) is 0. The highest BCUT2D eigenvalue weighted by Crippen LogP contribution is 2.16. The lowest BCUT2D eigenvalue weighted by Crippen LogP contribution is -2.23.